The predicted octanol–water partition coefficient (Wildman–Crippen LogP) is 5.92. The molecule has 0 unspecified atom stereocenters. The Hall–Kier alpha value is -1.84. The standard InChI is InChI=1S/C21H26O2Si/c1-15(2)21-17-10-7-6-9-16(17)13-19(21)18-11-8-12-20(18)22-14-23-24(3,4)5/h6-10,12-13H,11,14H2,1-5H3. The monoisotopic (exact) mass is 338 g/mol. The van der Waals surface area contributed by atoms with Crippen molar-refractivity contribution in [3.63, 3.8) is 0 Å². The average molecular weight is 339 g/mol. The third-order valence-corrected chi connectivity index (χ3v) is 5.20. The van der Waals surface area contributed by atoms with Gasteiger partial charge in [-0.15, -0.1) is 0 Å². The fraction of sp³-hybridized carbons (Fsp3) is 0.333. The summed E-state index contributed by atoms with van der Waals surface area (Å²) in [5.41, 5.74) is 7.86. The Morgan fingerprint density at radius 3 is 2.58 bits per heavy atom. The fourth-order valence-corrected chi connectivity index (χ4v) is 3.55. The zero-order chi connectivity index (χ0) is 17.3. The van der Waals surface area contributed by atoms with Gasteiger partial charge in [0, 0.05) is 5.57 Å². The zero-order valence-electron chi connectivity index (χ0n) is 15.3. The molecule has 126 valence electrons. The van der Waals surface area contributed by atoms with Gasteiger partial charge in [-0.3, -0.25) is 0 Å². The first-order valence-corrected chi connectivity index (χ1v) is 11.9. The average Bonchev–Trinajstić information content (AvgIpc) is 3.08. The number of ether oxygens (including phenoxy) is 1. The van der Waals surface area contributed by atoms with Gasteiger partial charge < -0.3 is 9.16 Å². The van der Waals surface area contributed by atoms with Crippen molar-refractivity contribution in [1.82, 2.24) is 0 Å². The van der Waals surface area contributed by atoms with Crippen molar-refractivity contribution in [1.29, 1.82) is 0 Å². The van der Waals surface area contributed by atoms with E-state index in [1.807, 2.05) is 0 Å². The van der Waals surface area contributed by atoms with E-state index in [2.05, 4.69) is 76.0 Å². The molecule has 0 heterocycles. The molecule has 2 nitrogen and oxygen atoms in total. The van der Waals surface area contributed by atoms with Crippen LogP contribution in [0.5, 0.6) is 0 Å². The van der Waals surface area contributed by atoms with Gasteiger partial charge in [0.15, 0.2) is 15.1 Å². The molecule has 2 aliphatic rings. The Labute approximate surface area is 146 Å². The van der Waals surface area contributed by atoms with Crippen LogP contribution in [0.1, 0.15) is 31.4 Å². The first kappa shape index (κ1) is 17.0. The number of hydrogen-bond acceptors (Lipinski definition) is 2. The summed E-state index contributed by atoms with van der Waals surface area (Å²) in [6, 6.07) is 8.60. The van der Waals surface area contributed by atoms with Gasteiger partial charge in [0.05, 0.1) is 0 Å². The fourth-order valence-electron chi connectivity index (χ4n) is 3.13. The molecule has 2 aliphatic carbocycles. The Kier molecular flexibility index (Phi) is 4.66. The van der Waals surface area contributed by atoms with Crippen LogP contribution in [0, 0.1) is 0 Å². The van der Waals surface area contributed by atoms with Crippen LogP contribution in [0.2, 0.25) is 19.6 Å². The van der Waals surface area contributed by atoms with Crippen molar-refractivity contribution in [2.75, 3.05) is 6.79 Å². The highest BCUT2D eigenvalue weighted by molar-refractivity contribution is 6.69. The molecule has 1 aromatic carbocycles. The number of fused-ring (bicyclic) bond motifs is 1. The molecule has 0 atom stereocenters. The number of hydrogen-bond donors (Lipinski definition) is 0. The summed E-state index contributed by atoms with van der Waals surface area (Å²) in [5, 5.41) is 0. The van der Waals surface area contributed by atoms with Gasteiger partial charge in [-0.2, -0.15) is 0 Å². The molecular formula is C21H26O2Si. The van der Waals surface area contributed by atoms with Gasteiger partial charge in [0.1, 0.15) is 5.76 Å². The van der Waals surface area contributed by atoms with Crippen molar-refractivity contribution < 1.29 is 9.16 Å². The molecule has 24 heavy (non-hydrogen) atoms. The van der Waals surface area contributed by atoms with Crippen LogP contribution < -0.4 is 0 Å². The molecule has 0 bridgehead atoms. The summed E-state index contributed by atoms with van der Waals surface area (Å²) in [6.45, 7) is 11.2. The summed E-state index contributed by atoms with van der Waals surface area (Å²) in [7, 11) is -1.56. The maximum atomic E-state index is 5.97. The minimum atomic E-state index is -1.56. The third kappa shape index (κ3) is 3.47. The summed E-state index contributed by atoms with van der Waals surface area (Å²) in [5.74, 6) is 0.950. The summed E-state index contributed by atoms with van der Waals surface area (Å²) in [6.07, 6.45) is 7.46. The Morgan fingerprint density at radius 1 is 1.12 bits per heavy atom. The molecule has 3 rings (SSSR count). The summed E-state index contributed by atoms with van der Waals surface area (Å²) >= 11 is 0. The van der Waals surface area contributed by atoms with Gasteiger partial charge >= 0.3 is 0 Å². The number of allylic oxidation sites excluding steroid dienone is 6. The molecule has 0 spiro atoms. The van der Waals surface area contributed by atoms with Gasteiger partial charge in [-0.05, 0) is 74.3 Å². The lowest BCUT2D eigenvalue weighted by Gasteiger charge is -2.19. The minimum absolute atomic E-state index is 0.337. The van der Waals surface area contributed by atoms with Crippen LogP contribution >= 0.6 is 0 Å². The summed E-state index contributed by atoms with van der Waals surface area (Å²) in [4.78, 5) is 0. The van der Waals surface area contributed by atoms with Gasteiger partial charge in [-0.25, -0.2) is 0 Å². The SMILES string of the molecule is CC(C)=C1C(C2=C(OCO[Si](C)(C)C)C=CC2)=Cc2ccccc21. The second kappa shape index (κ2) is 6.58. The third-order valence-electron chi connectivity index (χ3n) is 4.22. The second-order valence-corrected chi connectivity index (χ2v) is 12.0. The van der Waals surface area contributed by atoms with Crippen molar-refractivity contribution in [2.24, 2.45) is 0 Å². The van der Waals surface area contributed by atoms with E-state index in [-0.39, 0.29) is 0 Å². The van der Waals surface area contributed by atoms with Gasteiger partial charge in [0.2, 0.25) is 0 Å². The molecule has 0 saturated carbocycles. The molecule has 0 aliphatic heterocycles. The van der Waals surface area contributed by atoms with Crippen LogP contribution in [0.4, 0.5) is 0 Å². The molecular weight excluding hydrogens is 312 g/mol. The Morgan fingerprint density at radius 2 is 1.88 bits per heavy atom. The first-order chi connectivity index (χ1) is 11.4. The van der Waals surface area contributed by atoms with Crippen LogP contribution in [-0.4, -0.2) is 15.1 Å². The van der Waals surface area contributed by atoms with E-state index in [9.17, 15) is 0 Å². The van der Waals surface area contributed by atoms with Crippen molar-refractivity contribution >= 4 is 20.0 Å². The van der Waals surface area contributed by atoms with E-state index in [1.165, 1.54) is 33.4 Å². The minimum Gasteiger partial charge on any atom is -0.468 e. The zero-order valence-corrected chi connectivity index (χ0v) is 16.3. The Bertz CT molecular complexity index is 769. The van der Waals surface area contributed by atoms with Crippen molar-refractivity contribution in [3.05, 3.63) is 70.0 Å². The molecule has 0 N–H and O–H groups in total. The lowest BCUT2D eigenvalue weighted by Crippen LogP contribution is -2.26. The van der Waals surface area contributed by atoms with E-state index in [1.54, 1.807) is 0 Å². The van der Waals surface area contributed by atoms with Gasteiger partial charge in [-0.1, -0.05) is 35.9 Å². The molecule has 3 heteroatoms. The molecule has 0 saturated heterocycles. The first-order valence-electron chi connectivity index (χ1n) is 8.52. The van der Waals surface area contributed by atoms with Gasteiger partial charge in [0.25, 0.3) is 0 Å². The maximum Gasteiger partial charge on any atom is 0.188 e. The largest absolute Gasteiger partial charge is 0.468 e. The Balaban J connectivity index is 1.90. The smallest absolute Gasteiger partial charge is 0.188 e. The number of rotatable bonds is 5. The topological polar surface area (TPSA) is 18.5 Å². The van der Waals surface area contributed by atoms with E-state index < -0.39 is 8.32 Å². The van der Waals surface area contributed by atoms with Crippen LogP contribution in [-0.2, 0) is 9.16 Å². The molecule has 0 aromatic heterocycles. The lowest BCUT2D eigenvalue weighted by molar-refractivity contribution is 0.0610. The molecule has 0 fully saturated rings. The van der Waals surface area contributed by atoms with E-state index in [0.717, 1.165) is 12.2 Å². The quantitative estimate of drug-likeness (QED) is 0.490. The molecule has 1 aromatic rings. The highest BCUT2D eigenvalue weighted by atomic mass is 28.4. The highest BCUT2D eigenvalue weighted by Gasteiger charge is 2.26. The normalized spacial score (nSPS) is 16.5. The highest BCUT2D eigenvalue weighted by Crippen LogP contribution is 2.44. The van der Waals surface area contributed by atoms with E-state index in [4.69, 9.17) is 9.16 Å². The lowest BCUT2D eigenvalue weighted by atomic mass is 9.93. The van der Waals surface area contributed by atoms with Crippen LogP contribution in [0.3, 0.4) is 0 Å². The molecule has 0 radical (unpaired) electrons. The van der Waals surface area contributed by atoms with Crippen LogP contribution in [0.25, 0.3) is 11.6 Å². The van der Waals surface area contributed by atoms with E-state index in [0.29, 0.717) is 6.79 Å². The summed E-state index contributed by atoms with van der Waals surface area (Å²) < 4.78 is 11.8. The number of benzene rings is 1. The second-order valence-electron chi connectivity index (χ2n) is 7.49. The van der Waals surface area contributed by atoms with Crippen LogP contribution in [0.15, 0.2) is 58.9 Å². The maximum absolute atomic E-state index is 5.97. The predicted molar refractivity (Wildman–Crippen MR) is 104 cm³/mol. The van der Waals surface area contributed by atoms with Crippen molar-refractivity contribution in [3.8, 4) is 0 Å². The van der Waals surface area contributed by atoms with Crippen molar-refractivity contribution in [2.45, 2.75) is 39.9 Å². The van der Waals surface area contributed by atoms with E-state index >= 15 is 0 Å². The molecule has 0 amide bonds.